The summed E-state index contributed by atoms with van der Waals surface area (Å²) < 4.78 is 10.9. The van der Waals surface area contributed by atoms with Gasteiger partial charge in [0.05, 0.1) is 25.0 Å². The second-order valence-corrected chi connectivity index (χ2v) is 8.98. The van der Waals surface area contributed by atoms with Crippen molar-refractivity contribution >= 4 is 23.4 Å². The number of rotatable bonds is 8. The van der Waals surface area contributed by atoms with E-state index >= 15 is 0 Å². The molecule has 3 rings (SSSR count). The number of nitrogens with zero attached hydrogens (tertiary/aromatic N) is 3. The van der Waals surface area contributed by atoms with E-state index in [0.717, 1.165) is 30.7 Å². The Kier molecular flexibility index (Phi) is 8.64. The third-order valence-corrected chi connectivity index (χ3v) is 5.89. The van der Waals surface area contributed by atoms with Crippen LogP contribution in [-0.2, 0) is 9.59 Å². The summed E-state index contributed by atoms with van der Waals surface area (Å²) in [4.78, 5) is 45.4. The minimum absolute atomic E-state index is 0.00769. The number of nitrogens with one attached hydrogen (secondary N) is 1. The topological polar surface area (TPSA) is 127 Å². The fourth-order valence-electron chi connectivity index (χ4n) is 4.06. The summed E-state index contributed by atoms with van der Waals surface area (Å²) in [5.74, 6) is -1.20. The van der Waals surface area contributed by atoms with Crippen LogP contribution in [0.5, 0.6) is 11.6 Å². The first-order valence-corrected chi connectivity index (χ1v) is 11.5. The lowest BCUT2D eigenvalue weighted by molar-refractivity contribution is -0.146. The molecule has 0 unspecified atom stereocenters. The monoisotopic (exact) mass is 483 g/mol. The van der Waals surface area contributed by atoms with Gasteiger partial charge in [-0.1, -0.05) is 19.1 Å². The zero-order valence-corrected chi connectivity index (χ0v) is 20.6. The average Bonchev–Trinajstić information content (AvgIpc) is 2.83. The van der Waals surface area contributed by atoms with Gasteiger partial charge in [-0.25, -0.2) is 4.98 Å². The summed E-state index contributed by atoms with van der Waals surface area (Å²) in [6.45, 7) is 3.85. The van der Waals surface area contributed by atoms with Crippen LogP contribution in [0.4, 0.5) is 5.69 Å². The number of aromatic nitrogens is 1. The molecule has 1 aliphatic heterocycles. The molecule has 3 amide bonds. The van der Waals surface area contributed by atoms with Crippen molar-refractivity contribution in [3.63, 3.8) is 0 Å². The normalized spacial score (nSPS) is 17.7. The zero-order valence-electron chi connectivity index (χ0n) is 20.6. The highest BCUT2D eigenvalue weighted by Gasteiger charge is 2.34. The lowest BCUT2D eigenvalue weighted by Gasteiger charge is -2.38. The van der Waals surface area contributed by atoms with Gasteiger partial charge in [0, 0.05) is 13.1 Å². The van der Waals surface area contributed by atoms with Gasteiger partial charge in [0.1, 0.15) is 17.9 Å². The maximum atomic E-state index is 13.2. The Hall–Kier alpha value is -3.66. The van der Waals surface area contributed by atoms with E-state index < -0.39 is 17.7 Å². The first-order valence-electron chi connectivity index (χ1n) is 11.5. The van der Waals surface area contributed by atoms with Crippen molar-refractivity contribution in [2.75, 3.05) is 46.2 Å². The Balaban J connectivity index is 1.77. The van der Waals surface area contributed by atoms with E-state index in [1.165, 1.54) is 19.4 Å². The molecule has 188 valence electrons. The molecule has 10 nitrogen and oxygen atoms in total. The molecule has 2 aromatic rings. The molecule has 0 bridgehead atoms. The number of piperidine rings is 1. The van der Waals surface area contributed by atoms with Crippen LogP contribution in [0.2, 0.25) is 0 Å². The summed E-state index contributed by atoms with van der Waals surface area (Å²) in [6.07, 6.45) is 2.98. The predicted octanol–water partition coefficient (Wildman–Crippen LogP) is 2.07. The first kappa shape index (κ1) is 26.0. The van der Waals surface area contributed by atoms with Gasteiger partial charge in [0.15, 0.2) is 0 Å². The Morgan fingerprint density at radius 1 is 1.23 bits per heavy atom. The highest BCUT2D eigenvalue weighted by Crippen LogP contribution is 2.35. The largest absolute Gasteiger partial charge is 0.492 e. The van der Waals surface area contributed by atoms with Gasteiger partial charge >= 0.3 is 11.8 Å². The number of carbonyl (C=O) groups is 3. The summed E-state index contributed by atoms with van der Waals surface area (Å²) in [5, 5.41) is 2.54. The molecule has 1 aromatic heterocycles. The van der Waals surface area contributed by atoms with E-state index in [1.807, 2.05) is 43.3 Å². The number of primary amides is 1. The minimum atomic E-state index is -0.815. The molecule has 1 aromatic carbocycles. The summed E-state index contributed by atoms with van der Waals surface area (Å²) >= 11 is 0. The maximum Gasteiger partial charge on any atom is 0.313 e. The van der Waals surface area contributed by atoms with E-state index in [1.54, 1.807) is 4.90 Å². The molecule has 35 heavy (non-hydrogen) atoms. The van der Waals surface area contributed by atoms with Crippen molar-refractivity contribution in [1.29, 1.82) is 0 Å². The first-order chi connectivity index (χ1) is 16.7. The van der Waals surface area contributed by atoms with Crippen molar-refractivity contribution in [2.24, 2.45) is 11.7 Å². The van der Waals surface area contributed by atoms with E-state index in [9.17, 15) is 14.4 Å². The number of likely N-dealkylation sites (N-methyl/N-ethyl adjacent to an activating group) is 1. The minimum Gasteiger partial charge on any atom is -0.492 e. The SMILES string of the molecule is COc1ncc(NC(=O)C(=O)N2C[C@@H](C)CC[C@@H]2c2cccc(OCCN(C)C)c2)cc1C(N)=O. The zero-order chi connectivity index (χ0) is 25.5. The van der Waals surface area contributed by atoms with Crippen LogP contribution >= 0.6 is 0 Å². The molecule has 1 fully saturated rings. The van der Waals surface area contributed by atoms with Crippen molar-refractivity contribution in [3.05, 3.63) is 47.7 Å². The Morgan fingerprint density at radius 3 is 2.69 bits per heavy atom. The van der Waals surface area contributed by atoms with Crippen LogP contribution < -0.4 is 20.5 Å². The number of methoxy groups -OCH3 is 1. The predicted molar refractivity (Wildman–Crippen MR) is 131 cm³/mol. The average molecular weight is 484 g/mol. The van der Waals surface area contributed by atoms with E-state index in [-0.39, 0.29) is 29.1 Å². The van der Waals surface area contributed by atoms with Crippen molar-refractivity contribution < 1.29 is 23.9 Å². The van der Waals surface area contributed by atoms with Crippen LogP contribution in [0, 0.1) is 5.92 Å². The van der Waals surface area contributed by atoms with Gasteiger partial charge in [-0.2, -0.15) is 0 Å². The summed E-state index contributed by atoms with van der Waals surface area (Å²) in [5.41, 5.74) is 6.47. The van der Waals surface area contributed by atoms with Crippen LogP contribution in [0.3, 0.4) is 0 Å². The lowest BCUT2D eigenvalue weighted by atomic mass is 9.89. The molecule has 1 saturated heterocycles. The molecule has 2 atom stereocenters. The molecule has 2 heterocycles. The summed E-state index contributed by atoms with van der Waals surface area (Å²) in [6, 6.07) is 8.75. The van der Waals surface area contributed by atoms with Crippen molar-refractivity contribution in [1.82, 2.24) is 14.8 Å². The van der Waals surface area contributed by atoms with Gasteiger partial charge in [0.2, 0.25) is 5.88 Å². The number of benzene rings is 1. The number of nitrogens with two attached hydrogens (primary N) is 1. The highest BCUT2D eigenvalue weighted by molar-refractivity contribution is 6.39. The van der Waals surface area contributed by atoms with E-state index in [2.05, 4.69) is 17.2 Å². The number of hydrogen-bond acceptors (Lipinski definition) is 7. The van der Waals surface area contributed by atoms with Crippen LogP contribution in [0.15, 0.2) is 36.5 Å². The molecule has 0 spiro atoms. The maximum absolute atomic E-state index is 13.2. The standard InChI is InChI=1S/C25H33N5O5/c1-16-8-9-21(17-6-5-7-19(12-17)35-11-10-29(2)3)30(15-16)25(33)23(32)28-18-13-20(22(26)31)24(34-4)27-14-18/h5-7,12-14,16,21H,8-11,15H2,1-4H3,(H2,26,31)(H,28,32)/t16-,21+/m0/s1. The van der Waals surface area contributed by atoms with Gasteiger partial charge < -0.3 is 30.3 Å². The van der Waals surface area contributed by atoms with Crippen LogP contribution in [-0.4, -0.2) is 73.4 Å². The quantitative estimate of drug-likeness (QED) is 0.550. The van der Waals surface area contributed by atoms with E-state index in [4.69, 9.17) is 15.2 Å². The second-order valence-electron chi connectivity index (χ2n) is 8.98. The molecular weight excluding hydrogens is 450 g/mol. The highest BCUT2D eigenvalue weighted by atomic mass is 16.5. The molecular formula is C25H33N5O5. The third-order valence-electron chi connectivity index (χ3n) is 5.89. The Labute approximate surface area is 205 Å². The fourth-order valence-corrected chi connectivity index (χ4v) is 4.06. The number of amides is 3. The number of pyridine rings is 1. The van der Waals surface area contributed by atoms with Gasteiger partial charge in [-0.15, -0.1) is 0 Å². The van der Waals surface area contributed by atoms with Crippen molar-refractivity contribution in [2.45, 2.75) is 25.8 Å². The fraction of sp³-hybridized carbons (Fsp3) is 0.440. The number of anilines is 1. The van der Waals surface area contributed by atoms with Gasteiger partial charge in [0.25, 0.3) is 5.91 Å². The number of hydrogen-bond donors (Lipinski definition) is 2. The molecule has 3 N–H and O–H groups in total. The molecule has 0 saturated carbocycles. The number of likely N-dealkylation sites (tertiary alicyclic amines) is 1. The number of ether oxygens (including phenoxy) is 2. The van der Waals surface area contributed by atoms with Crippen molar-refractivity contribution in [3.8, 4) is 11.6 Å². The van der Waals surface area contributed by atoms with E-state index in [0.29, 0.717) is 13.2 Å². The molecule has 1 aliphatic rings. The Morgan fingerprint density at radius 2 is 2.00 bits per heavy atom. The third kappa shape index (κ3) is 6.69. The lowest BCUT2D eigenvalue weighted by Crippen LogP contribution is -2.46. The molecule has 0 radical (unpaired) electrons. The van der Waals surface area contributed by atoms with Crippen LogP contribution in [0.1, 0.15) is 41.7 Å². The second kappa shape index (κ2) is 11.7. The van der Waals surface area contributed by atoms with Gasteiger partial charge in [-0.05, 0) is 56.6 Å². The number of carbonyl (C=O) groups excluding carboxylic acids is 3. The Bertz CT molecular complexity index is 1070. The summed E-state index contributed by atoms with van der Waals surface area (Å²) in [7, 11) is 5.32. The molecule has 10 heteroatoms. The smallest absolute Gasteiger partial charge is 0.313 e. The van der Waals surface area contributed by atoms with Crippen LogP contribution in [0.25, 0.3) is 0 Å². The molecule has 0 aliphatic carbocycles. The van der Waals surface area contributed by atoms with Gasteiger partial charge in [-0.3, -0.25) is 14.4 Å².